The molecule has 154 valence electrons. The highest BCUT2D eigenvalue weighted by atomic mass is 35.5. The van der Waals surface area contributed by atoms with E-state index in [-0.39, 0.29) is 0 Å². The number of carbonyl (C=O) groups excluding carboxylic acids is 1. The van der Waals surface area contributed by atoms with E-state index >= 15 is 0 Å². The maximum Gasteiger partial charge on any atom is 0.405 e. The van der Waals surface area contributed by atoms with Gasteiger partial charge >= 0.3 is 6.18 Å². The Morgan fingerprint density at radius 3 is 2.86 bits per heavy atom. The second kappa shape index (κ2) is 8.64. The number of halogens is 4. The van der Waals surface area contributed by atoms with E-state index in [1.54, 1.807) is 18.3 Å². The number of alkyl halides is 3. The van der Waals surface area contributed by atoms with Crippen LogP contribution in [0.25, 0.3) is 22.4 Å². The summed E-state index contributed by atoms with van der Waals surface area (Å²) in [4.78, 5) is 28.0. The second-order valence-corrected chi connectivity index (χ2v) is 6.77. The number of pyridine rings is 1. The van der Waals surface area contributed by atoms with Gasteiger partial charge in [0, 0.05) is 29.5 Å². The van der Waals surface area contributed by atoms with Crippen LogP contribution in [0.3, 0.4) is 0 Å². The molecule has 0 radical (unpaired) electrons. The molecule has 0 bridgehead atoms. The molecular weight excluding hydrogens is 409 g/mol. The molecule has 7 nitrogen and oxygen atoms in total. The smallest absolute Gasteiger partial charge is 0.358 e. The van der Waals surface area contributed by atoms with Crippen molar-refractivity contribution in [3.8, 4) is 11.4 Å². The standard InChI is InChI=1S/C18H18ClF3N6O/c1-2-3-13(17(29)26-9-18(20,21)22)27-14-4-5-23-16(28-14)12-8-25-15-11(12)6-10(19)7-24-15/h4-8,13H,2-3,9H2,1H3,(H,24,25)(H,26,29)(H,23,27,28)/t13-/m1/s1. The Morgan fingerprint density at radius 1 is 1.34 bits per heavy atom. The average Bonchev–Trinajstić information content (AvgIpc) is 3.08. The van der Waals surface area contributed by atoms with Crippen LogP contribution in [0.15, 0.2) is 30.7 Å². The van der Waals surface area contributed by atoms with Crippen LogP contribution in [0, 0.1) is 0 Å². The molecule has 1 amide bonds. The van der Waals surface area contributed by atoms with Crippen LogP contribution < -0.4 is 10.6 Å². The number of hydrogen-bond donors (Lipinski definition) is 3. The van der Waals surface area contributed by atoms with Gasteiger partial charge in [-0.15, -0.1) is 0 Å². The first kappa shape index (κ1) is 20.8. The number of aromatic amines is 1. The lowest BCUT2D eigenvalue weighted by molar-refractivity contribution is -0.138. The Balaban J connectivity index is 1.82. The molecule has 0 aliphatic rings. The monoisotopic (exact) mass is 426 g/mol. The quantitative estimate of drug-likeness (QED) is 0.532. The van der Waals surface area contributed by atoms with Gasteiger partial charge in [0.05, 0.1) is 5.02 Å². The Morgan fingerprint density at radius 2 is 2.14 bits per heavy atom. The summed E-state index contributed by atoms with van der Waals surface area (Å²) in [5.41, 5.74) is 1.27. The maximum absolute atomic E-state index is 12.4. The lowest BCUT2D eigenvalue weighted by Crippen LogP contribution is -2.43. The summed E-state index contributed by atoms with van der Waals surface area (Å²) < 4.78 is 37.2. The van der Waals surface area contributed by atoms with Crippen LogP contribution in [0.2, 0.25) is 5.02 Å². The molecule has 0 fully saturated rings. The number of aromatic nitrogens is 4. The molecule has 3 aromatic heterocycles. The van der Waals surface area contributed by atoms with Crippen molar-refractivity contribution < 1.29 is 18.0 Å². The fourth-order valence-corrected chi connectivity index (χ4v) is 2.94. The number of amides is 1. The lowest BCUT2D eigenvalue weighted by atomic mass is 10.1. The molecule has 0 aliphatic heterocycles. The fraction of sp³-hybridized carbons (Fsp3) is 0.333. The minimum Gasteiger partial charge on any atom is -0.358 e. The zero-order valence-corrected chi connectivity index (χ0v) is 16.1. The normalized spacial score (nSPS) is 12.7. The van der Waals surface area contributed by atoms with Gasteiger partial charge in [0.25, 0.3) is 0 Å². The van der Waals surface area contributed by atoms with E-state index in [9.17, 15) is 18.0 Å². The first-order chi connectivity index (χ1) is 13.8. The highest BCUT2D eigenvalue weighted by Crippen LogP contribution is 2.27. The van der Waals surface area contributed by atoms with Gasteiger partial charge in [0.2, 0.25) is 5.91 Å². The van der Waals surface area contributed by atoms with Crippen LogP contribution in [0.5, 0.6) is 0 Å². The van der Waals surface area contributed by atoms with Crippen LogP contribution in [-0.2, 0) is 4.79 Å². The minimum absolute atomic E-state index is 0.319. The number of H-pyrrole nitrogens is 1. The predicted octanol–water partition coefficient (Wildman–Crippen LogP) is 3.93. The van der Waals surface area contributed by atoms with Crippen molar-refractivity contribution in [3.63, 3.8) is 0 Å². The molecule has 3 N–H and O–H groups in total. The van der Waals surface area contributed by atoms with E-state index in [1.165, 1.54) is 12.4 Å². The molecule has 3 aromatic rings. The van der Waals surface area contributed by atoms with Gasteiger partial charge < -0.3 is 15.6 Å². The Hall–Kier alpha value is -2.88. The summed E-state index contributed by atoms with van der Waals surface area (Å²) >= 11 is 6.01. The SMILES string of the molecule is CCC[C@@H](Nc1ccnc(-c2c[nH]c3ncc(Cl)cc23)n1)C(=O)NCC(F)(F)F. The average molecular weight is 427 g/mol. The van der Waals surface area contributed by atoms with Crippen molar-refractivity contribution in [2.75, 3.05) is 11.9 Å². The van der Waals surface area contributed by atoms with E-state index in [4.69, 9.17) is 11.6 Å². The largest absolute Gasteiger partial charge is 0.405 e. The number of hydrogen-bond acceptors (Lipinski definition) is 5. The first-order valence-electron chi connectivity index (χ1n) is 8.84. The van der Waals surface area contributed by atoms with Crippen molar-refractivity contribution in [1.29, 1.82) is 0 Å². The third kappa shape index (κ3) is 5.35. The molecular formula is C18H18ClF3N6O. The Bertz CT molecular complexity index is 1010. The topological polar surface area (TPSA) is 95.6 Å². The van der Waals surface area contributed by atoms with Crippen molar-refractivity contribution in [2.24, 2.45) is 0 Å². The third-order valence-electron chi connectivity index (χ3n) is 4.07. The van der Waals surface area contributed by atoms with Crippen molar-refractivity contribution in [1.82, 2.24) is 25.3 Å². The van der Waals surface area contributed by atoms with Crippen LogP contribution in [0.1, 0.15) is 19.8 Å². The summed E-state index contributed by atoms with van der Waals surface area (Å²) in [6.45, 7) is 0.450. The first-order valence-corrected chi connectivity index (χ1v) is 9.21. The van der Waals surface area contributed by atoms with Crippen molar-refractivity contribution >= 4 is 34.4 Å². The molecule has 0 saturated carbocycles. The summed E-state index contributed by atoms with van der Waals surface area (Å²) in [5.74, 6) is -0.0661. The molecule has 0 unspecified atom stereocenters. The van der Waals surface area contributed by atoms with E-state index < -0.39 is 24.7 Å². The molecule has 3 heterocycles. The van der Waals surface area contributed by atoms with E-state index in [2.05, 4.69) is 25.3 Å². The molecule has 11 heteroatoms. The van der Waals surface area contributed by atoms with Gasteiger partial charge in [-0.1, -0.05) is 24.9 Å². The Kier molecular flexibility index (Phi) is 6.21. The minimum atomic E-state index is -4.47. The molecule has 0 spiro atoms. The van der Waals surface area contributed by atoms with Gasteiger partial charge in [0.1, 0.15) is 24.1 Å². The molecule has 0 saturated heterocycles. The van der Waals surface area contributed by atoms with E-state index in [0.29, 0.717) is 40.7 Å². The van der Waals surface area contributed by atoms with Gasteiger partial charge in [-0.05, 0) is 18.6 Å². The van der Waals surface area contributed by atoms with Gasteiger partial charge in [-0.25, -0.2) is 15.0 Å². The molecule has 29 heavy (non-hydrogen) atoms. The number of carbonyl (C=O) groups is 1. The summed E-state index contributed by atoms with van der Waals surface area (Å²) in [7, 11) is 0. The summed E-state index contributed by atoms with van der Waals surface area (Å²) in [6.07, 6.45) is 1.17. The van der Waals surface area contributed by atoms with Crippen LogP contribution in [0.4, 0.5) is 19.0 Å². The van der Waals surface area contributed by atoms with Crippen LogP contribution >= 0.6 is 11.6 Å². The van der Waals surface area contributed by atoms with Gasteiger partial charge in [0.15, 0.2) is 5.82 Å². The highest BCUT2D eigenvalue weighted by molar-refractivity contribution is 6.31. The van der Waals surface area contributed by atoms with Crippen molar-refractivity contribution in [2.45, 2.75) is 32.0 Å². The van der Waals surface area contributed by atoms with Gasteiger partial charge in [-0.3, -0.25) is 4.79 Å². The zero-order valence-electron chi connectivity index (χ0n) is 15.3. The molecule has 0 aromatic carbocycles. The highest BCUT2D eigenvalue weighted by Gasteiger charge is 2.29. The number of fused-ring (bicyclic) bond motifs is 1. The summed E-state index contributed by atoms with van der Waals surface area (Å²) in [5, 5.41) is 5.98. The number of anilines is 1. The van der Waals surface area contributed by atoms with E-state index in [0.717, 1.165) is 5.39 Å². The Labute approximate surface area is 169 Å². The lowest BCUT2D eigenvalue weighted by Gasteiger charge is -2.19. The third-order valence-corrected chi connectivity index (χ3v) is 4.28. The predicted molar refractivity (Wildman–Crippen MR) is 104 cm³/mol. The fourth-order valence-electron chi connectivity index (χ4n) is 2.78. The van der Waals surface area contributed by atoms with Crippen molar-refractivity contribution in [3.05, 3.63) is 35.7 Å². The number of rotatable bonds is 7. The number of nitrogens with zero attached hydrogens (tertiary/aromatic N) is 3. The molecule has 1 atom stereocenters. The van der Waals surface area contributed by atoms with E-state index in [1.807, 2.05) is 12.2 Å². The summed E-state index contributed by atoms with van der Waals surface area (Å²) in [6, 6.07) is 2.41. The van der Waals surface area contributed by atoms with Crippen LogP contribution in [-0.4, -0.2) is 44.6 Å². The zero-order chi connectivity index (χ0) is 21.0. The second-order valence-electron chi connectivity index (χ2n) is 6.34. The van der Waals surface area contributed by atoms with Gasteiger partial charge in [-0.2, -0.15) is 13.2 Å². The number of nitrogens with one attached hydrogen (secondary N) is 3. The maximum atomic E-state index is 12.4. The molecule has 0 aliphatic carbocycles. The molecule has 3 rings (SSSR count).